The number of carbonyl (C=O) groups is 2. The summed E-state index contributed by atoms with van der Waals surface area (Å²) in [4.78, 5) is 25.4. The predicted octanol–water partition coefficient (Wildman–Crippen LogP) is 0.325. The highest BCUT2D eigenvalue weighted by Gasteiger charge is 2.47. The Morgan fingerprint density at radius 1 is 1.44 bits per heavy atom. The van der Waals surface area contributed by atoms with E-state index >= 15 is 0 Å². The third-order valence-corrected chi connectivity index (χ3v) is 3.07. The summed E-state index contributed by atoms with van der Waals surface area (Å²) < 4.78 is 10.6. The van der Waals surface area contributed by atoms with Gasteiger partial charge >= 0.3 is 6.09 Å². The largest absolute Gasteiger partial charge is 0.444 e. The molecule has 2 aliphatic heterocycles. The van der Waals surface area contributed by atoms with Crippen LogP contribution >= 0.6 is 0 Å². The lowest BCUT2D eigenvalue weighted by molar-refractivity contribution is -0.153. The standard InChI is InChI=1S/C12H19NO5/c1-12(2,3)18-11(16)13-7-4-9(14)10(15)8(13)6-17-5-7/h7-9,14H,4-6H2,1-3H3. The number of fused-ring (bicyclic) bond motifs is 2. The van der Waals surface area contributed by atoms with E-state index in [1.165, 1.54) is 4.90 Å². The van der Waals surface area contributed by atoms with Crippen LogP contribution in [0.1, 0.15) is 27.2 Å². The highest BCUT2D eigenvalue weighted by atomic mass is 16.6. The quantitative estimate of drug-likeness (QED) is 0.676. The second-order valence-electron chi connectivity index (χ2n) is 5.75. The van der Waals surface area contributed by atoms with E-state index in [1.54, 1.807) is 20.8 Å². The minimum Gasteiger partial charge on any atom is -0.444 e. The fourth-order valence-electron chi connectivity index (χ4n) is 2.32. The van der Waals surface area contributed by atoms with Gasteiger partial charge in [-0.3, -0.25) is 9.69 Å². The molecule has 6 nitrogen and oxygen atoms in total. The van der Waals surface area contributed by atoms with E-state index in [4.69, 9.17) is 9.47 Å². The number of hydrogen-bond acceptors (Lipinski definition) is 5. The van der Waals surface area contributed by atoms with Crippen LogP contribution in [0, 0.1) is 0 Å². The third kappa shape index (κ3) is 2.49. The molecule has 0 spiro atoms. The molecule has 2 saturated heterocycles. The van der Waals surface area contributed by atoms with Gasteiger partial charge in [0.05, 0.1) is 19.3 Å². The SMILES string of the molecule is CC(C)(C)OC(=O)N1C2COCC1C(=O)C(O)C2. The van der Waals surface area contributed by atoms with Gasteiger partial charge in [-0.15, -0.1) is 0 Å². The summed E-state index contributed by atoms with van der Waals surface area (Å²) >= 11 is 0. The lowest BCUT2D eigenvalue weighted by Crippen LogP contribution is -2.65. The van der Waals surface area contributed by atoms with Crippen molar-refractivity contribution in [3.8, 4) is 0 Å². The maximum Gasteiger partial charge on any atom is 0.411 e. The number of aliphatic hydroxyl groups is 1. The van der Waals surface area contributed by atoms with Crippen LogP contribution in [0.4, 0.5) is 4.79 Å². The van der Waals surface area contributed by atoms with Crippen LogP contribution in [0.25, 0.3) is 0 Å². The molecule has 0 aromatic heterocycles. The number of hydrogen-bond donors (Lipinski definition) is 1. The zero-order valence-corrected chi connectivity index (χ0v) is 10.9. The molecule has 0 saturated carbocycles. The molecule has 0 aliphatic carbocycles. The minimum absolute atomic E-state index is 0.131. The fraction of sp³-hybridized carbons (Fsp3) is 0.833. The fourth-order valence-corrected chi connectivity index (χ4v) is 2.32. The van der Waals surface area contributed by atoms with Crippen molar-refractivity contribution in [2.45, 2.75) is 51.0 Å². The minimum atomic E-state index is -0.998. The van der Waals surface area contributed by atoms with Crippen molar-refractivity contribution < 1.29 is 24.2 Å². The summed E-state index contributed by atoms with van der Waals surface area (Å²) in [5, 5.41) is 9.63. The smallest absolute Gasteiger partial charge is 0.411 e. The molecular formula is C12H19NO5. The van der Waals surface area contributed by atoms with Gasteiger partial charge in [0.15, 0.2) is 5.78 Å². The number of aliphatic hydroxyl groups excluding tert-OH is 1. The van der Waals surface area contributed by atoms with Gasteiger partial charge in [0, 0.05) is 6.42 Å². The lowest BCUT2D eigenvalue weighted by Gasteiger charge is -2.45. The topological polar surface area (TPSA) is 76.1 Å². The molecule has 0 aromatic rings. The number of nitrogens with zero attached hydrogens (tertiary/aromatic N) is 1. The van der Waals surface area contributed by atoms with Crippen molar-refractivity contribution in [1.82, 2.24) is 4.90 Å². The molecular weight excluding hydrogens is 238 g/mol. The van der Waals surface area contributed by atoms with Gasteiger partial charge in [-0.05, 0) is 20.8 Å². The van der Waals surface area contributed by atoms with E-state index in [-0.39, 0.29) is 24.9 Å². The second kappa shape index (κ2) is 4.51. The van der Waals surface area contributed by atoms with Crippen LogP contribution in [-0.2, 0) is 14.3 Å². The Morgan fingerprint density at radius 2 is 2.11 bits per heavy atom. The van der Waals surface area contributed by atoms with Gasteiger partial charge in [0.2, 0.25) is 0 Å². The molecule has 0 aromatic carbocycles. The summed E-state index contributed by atoms with van der Waals surface area (Å²) in [6.07, 6.45) is -1.29. The highest BCUT2D eigenvalue weighted by molar-refractivity contribution is 5.92. The molecule has 2 fully saturated rings. The van der Waals surface area contributed by atoms with Gasteiger partial charge in [-0.1, -0.05) is 0 Å². The molecule has 2 rings (SSSR count). The second-order valence-corrected chi connectivity index (χ2v) is 5.75. The summed E-state index contributed by atoms with van der Waals surface area (Å²) in [7, 11) is 0. The molecule has 18 heavy (non-hydrogen) atoms. The Labute approximate surface area is 106 Å². The maximum atomic E-state index is 12.1. The predicted molar refractivity (Wildman–Crippen MR) is 62.1 cm³/mol. The average molecular weight is 257 g/mol. The first-order chi connectivity index (χ1) is 8.29. The highest BCUT2D eigenvalue weighted by Crippen LogP contribution is 2.27. The summed E-state index contributed by atoms with van der Waals surface area (Å²) in [6, 6.07) is -1.01. The first-order valence-electron chi connectivity index (χ1n) is 6.10. The molecule has 6 heteroatoms. The van der Waals surface area contributed by atoms with Gasteiger partial charge in [-0.25, -0.2) is 4.79 Å². The molecule has 3 atom stereocenters. The van der Waals surface area contributed by atoms with Crippen molar-refractivity contribution in [3.63, 3.8) is 0 Å². The summed E-state index contributed by atoms with van der Waals surface area (Å²) in [6.45, 7) is 5.79. The first kappa shape index (κ1) is 13.3. The van der Waals surface area contributed by atoms with Gasteiger partial charge in [0.1, 0.15) is 17.7 Å². The molecule has 102 valence electrons. The van der Waals surface area contributed by atoms with Crippen molar-refractivity contribution in [2.24, 2.45) is 0 Å². The number of amides is 1. The molecule has 2 bridgehead atoms. The zero-order chi connectivity index (χ0) is 13.5. The van der Waals surface area contributed by atoms with E-state index < -0.39 is 23.8 Å². The van der Waals surface area contributed by atoms with Gasteiger partial charge in [-0.2, -0.15) is 0 Å². The lowest BCUT2D eigenvalue weighted by atomic mass is 9.91. The van der Waals surface area contributed by atoms with Crippen LogP contribution in [0.2, 0.25) is 0 Å². The normalized spacial score (nSPS) is 32.3. The van der Waals surface area contributed by atoms with Crippen LogP contribution in [0.3, 0.4) is 0 Å². The molecule has 3 unspecified atom stereocenters. The van der Waals surface area contributed by atoms with Crippen LogP contribution < -0.4 is 0 Å². The number of ketones is 1. The van der Waals surface area contributed by atoms with Crippen LogP contribution in [0.15, 0.2) is 0 Å². The van der Waals surface area contributed by atoms with Crippen LogP contribution in [-0.4, -0.2) is 58.9 Å². The Hall–Kier alpha value is -1.14. The van der Waals surface area contributed by atoms with Crippen molar-refractivity contribution in [1.29, 1.82) is 0 Å². The Morgan fingerprint density at radius 3 is 2.72 bits per heavy atom. The number of morpholine rings is 1. The van der Waals surface area contributed by atoms with Crippen LogP contribution in [0.5, 0.6) is 0 Å². The van der Waals surface area contributed by atoms with Gasteiger partial charge in [0.25, 0.3) is 0 Å². The first-order valence-corrected chi connectivity index (χ1v) is 6.10. The third-order valence-electron chi connectivity index (χ3n) is 3.07. The molecule has 0 radical (unpaired) electrons. The number of rotatable bonds is 0. The van der Waals surface area contributed by atoms with E-state index in [0.717, 1.165) is 0 Å². The van der Waals surface area contributed by atoms with Gasteiger partial charge < -0.3 is 14.6 Å². The van der Waals surface area contributed by atoms with E-state index in [9.17, 15) is 14.7 Å². The summed E-state index contributed by atoms with van der Waals surface area (Å²) in [5.74, 6) is -0.364. The molecule has 2 heterocycles. The number of ether oxygens (including phenoxy) is 2. The Balaban J connectivity index is 2.16. The Bertz CT molecular complexity index is 362. The average Bonchev–Trinajstić information content (AvgIpc) is 2.23. The van der Waals surface area contributed by atoms with Crippen molar-refractivity contribution in [2.75, 3.05) is 13.2 Å². The maximum absolute atomic E-state index is 12.1. The van der Waals surface area contributed by atoms with E-state index in [1.807, 2.05) is 0 Å². The molecule has 1 N–H and O–H groups in total. The Kier molecular flexibility index (Phi) is 3.33. The zero-order valence-electron chi connectivity index (χ0n) is 10.9. The summed E-state index contributed by atoms with van der Waals surface area (Å²) in [5.41, 5.74) is -0.606. The monoisotopic (exact) mass is 257 g/mol. The molecule has 2 aliphatic rings. The number of piperidine rings is 1. The van der Waals surface area contributed by atoms with E-state index in [0.29, 0.717) is 6.61 Å². The molecule has 1 amide bonds. The number of Topliss-reactive ketones (excluding diaryl/α,β-unsaturated/α-hetero) is 1. The van der Waals surface area contributed by atoms with E-state index in [2.05, 4.69) is 0 Å². The van der Waals surface area contributed by atoms with Crippen molar-refractivity contribution in [3.05, 3.63) is 0 Å². The van der Waals surface area contributed by atoms with Crippen molar-refractivity contribution >= 4 is 11.9 Å². The number of carbonyl (C=O) groups excluding carboxylic acids is 2.